The molecule has 60 heavy (non-hydrogen) atoms. The van der Waals surface area contributed by atoms with Gasteiger partial charge in [0.2, 0.25) is 0 Å². The summed E-state index contributed by atoms with van der Waals surface area (Å²) in [4.78, 5) is 0. The van der Waals surface area contributed by atoms with Gasteiger partial charge in [-0.05, 0) is 12.1 Å². The largest absolute Gasteiger partial charge is 0.442 e. The average molecular weight is 1000 g/mol. The molecule has 0 radical (unpaired) electrons. The zero-order valence-electron chi connectivity index (χ0n) is 27.9. The van der Waals surface area contributed by atoms with Crippen molar-refractivity contribution in [1.29, 1.82) is 0 Å². The van der Waals surface area contributed by atoms with Gasteiger partial charge in [0, 0.05) is 12.1 Å². The van der Waals surface area contributed by atoms with Crippen molar-refractivity contribution in [1.82, 2.24) is 0 Å². The van der Waals surface area contributed by atoms with Gasteiger partial charge < -0.3 is 19.0 Å². The van der Waals surface area contributed by atoms with Gasteiger partial charge in [-0.25, -0.2) is 87.8 Å². The van der Waals surface area contributed by atoms with Gasteiger partial charge in [0.1, 0.15) is 77.4 Å². The van der Waals surface area contributed by atoms with Crippen LogP contribution >= 0.6 is 0 Å². The molecule has 0 bridgehead atoms. The van der Waals surface area contributed by atoms with Crippen LogP contribution in [0.2, 0.25) is 0 Å². The molecule has 2 N–H and O–H groups in total. The third-order valence-corrected chi connectivity index (χ3v) is 10.7. The van der Waals surface area contributed by atoms with Crippen LogP contribution in [0.25, 0.3) is 0 Å². The zero-order valence-corrected chi connectivity index (χ0v) is 30.1. The van der Waals surface area contributed by atoms with Crippen LogP contribution in [0.15, 0.2) is 33.1 Å². The molecule has 26 heteroatoms. The molecule has 0 saturated carbocycles. The summed E-state index contributed by atoms with van der Waals surface area (Å²) in [7, 11) is 0. The Morgan fingerprint density at radius 2 is 0.500 bits per heavy atom. The molecule has 0 fully saturated rings. The highest BCUT2D eigenvalue weighted by atomic mass is 127. The first-order valence-corrected chi connectivity index (χ1v) is 17.4. The summed E-state index contributed by atoms with van der Waals surface area (Å²) in [5.74, 6) is -70.3. The van der Waals surface area contributed by atoms with Crippen LogP contribution in [0, 0.1) is 124 Å². The summed E-state index contributed by atoms with van der Waals surface area (Å²) >= 11 is -0.497. The van der Waals surface area contributed by atoms with Crippen LogP contribution in [-0.4, -0.2) is 16.4 Å². The third-order valence-electron chi connectivity index (χ3n) is 8.46. The highest BCUT2D eigenvalue weighted by molar-refractivity contribution is 7.20. The van der Waals surface area contributed by atoms with E-state index in [2.05, 4.69) is 0 Å². The molecule has 2 heterocycles. The first kappa shape index (κ1) is 45.8. The van der Waals surface area contributed by atoms with E-state index in [0.717, 1.165) is 7.53 Å². The first-order chi connectivity index (χ1) is 28.0. The lowest BCUT2D eigenvalue weighted by Gasteiger charge is -2.44. The van der Waals surface area contributed by atoms with Gasteiger partial charge in [-0.3, -0.25) is 0 Å². The predicted molar refractivity (Wildman–Crippen MR) is 156 cm³/mol. The van der Waals surface area contributed by atoms with Gasteiger partial charge in [-0.1, -0.05) is 0 Å². The molecule has 4 nitrogen and oxygen atoms in total. The SMILES string of the molecule is Fc1c(F)c(F)c([B-](c2c(F)c(F)c(F)c(F)c2F)(c2c(F)c(F)c(F)c(F)c2F)c2c(F)c(F)c(F)c(F)c2F)c(F)c1F.OCc1ccc([I+]c2ccc(CO)o2)o1. The second-order valence-electron chi connectivity index (χ2n) is 11.6. The predicted octanol–water partition coefficient (Wildman–Crippen LogP) is 3.83. The smallest absolute Gasteiger partial charge is 0.421 e. The fourth-order valence-electron chi connectivity index (χ4n) is 5.94. The standard InChI is InChI=1S/C24BF20.C10H10IO4/c26-5-1(6(27)14(35)21(42)13(5)34)25(2-7(28)15(36)22(43)16(37)8(2)29,3-9(30)17(38)23(44)18(39)10(3)31)4-11(32)19(40)24(45)20(41)12(4)33;12-5-7-1-3-9(14-7)11-10-4-2-8(6-13)15-10/h;1-4,12-13H,5-6H2/q-1;+1. The van der Waals surface area contributed by atoms with Crippen LogP contribution in [-0.2, 0) is 13.2 Å². The van der Waals surface area contributed by atoms with E-state index < -0.39 is 166 Å². The summed E-state index contributed by atoms with van der Waals surface area (Å²) < 4.78 is 306. The van der Waals surface area contributed by atoms with Crippen molar-refractivity contribution >= 4 is 28.0 Å². The Labute approximate surface area is 328 Å². The van der Waals surface area contributed by atoms with Gasteiger partial charge in [0.25, 0.3) is 0 Å². The molecule has 4 aromatic carbocycles. The Morgan fingerprint density at radius 3 is 0.667 bits per heavy atom. The van der Waals surface area contributed by atoms with E-state index in [9.17, 15) is 52.7 Å². The summed E-state index contributed by atoms with van der Waals surface area (Å²) in [6, 6.07) is 7.20. The van der Waals surface area contributed by atoms with Crippen molar-refractivity contribution in [3.8, 4) is 0 Å². The molecule has 6 aromatic rings. The quantitative estimate of drug-likeness (QED) is 0.0802. The molecule has 0 unspecified atom stereocenters. The van der Waals surface area contributed by atoms with Crippen molar-refractivity contribution in [3.05, 3.63) is 160 Å². The van der Waals surface area contributed by atoms with E-state index in [1.54, 1.807) is 12.1 Å². The van der Waals surface area contributed by atoms with Crippen LogP contribution in [0.1, 0.15) is 11.5 Å². The van der Waals surface area contributed by atoms with E-state index in [-0.39, 0.29) is 13.2 Å². The van der Waals surface area contributed by atoms with Gasteiger partial charge in [0.05, 0.1) is 0 Å². The van der Waals surface area contributed by atoms with Crippen molar-refractivity contribution in [2.75, 3.05) is 0 Å². The Bertz CT molecular complexity index is 2260. The Kier molecular flexibility index (Phi) is 13.0. The summed E-state index contributed by atoms with van der Waals surface area (Å²) in [5, 5.41) is 17.6. The van der Waals surface area contributed by atoms with Crippen LogP contribution < -0.4 is 43.1 Å². The summed E-state index contributed by atoms with van der Waals surface area (Å²) in [5.41, 5.74) is -14.3. The monoisotopic (exact) mass is 1000 g/mol. The number of hydrogen-bond acceptors (Lipinski definition) is 4. The minimum Gasteiger partial charge on any atom is -0.421 e. The Balaban J connectivity index is 0.000000379. The van der Waals surface area contributed by atoms with Crippen molar-refractivity contribution in [2.24, 2.45) is 0 Å². The highest BCUT2D eigenvalue weighted by Crippen LogP contribution is 2.30. The lowest BCUT2D eigenvalue weighted by molar-refractivity contribution is -0.636. The summed E-state index contributed by atoms with van der Waals surface area (Å²) in [6.07, 6.45) is -7.22. The van der Waals surface area contributed by atoms with Crippen molar-refractivity contribution in [3.63, 3.8) is 0 Å². The number of benzene rings is 4. The lowest BCUT2D eigenvalue weighted by atomic mass is 9.12. The first-order valence-electron chi connectivity index (χ1n) is 15.3. The minimum absolute atomic E-state index is 0.0796. The fraction of sp³-hybridized carbons (Fsp3) is 0.0588. The maximum absolute atomic E-state index is 15.4. The Morgan fingerprint density at radius 1 is 0.317 bits per heavy atom. The molecular formula is C34H10BF20IO4. The van der Waals surface area contributed by atoms with Crippen molar-refractivity contribution < 1.29 is 128 Å². The van der Waals surface area contributed by atoms with Gasteiger partial charge in [-0.2, -0.15) is 0 Å². The number of aliphatic hydroxyl groups excluding tert-OH is 2. The topological polar surface area (TPSA) is 66.7 Å². The Hall–Kier alpha value is -5.25. The summed E-state index contributed by atoms with van der Waals surface area (Å²) in [6.45, 7) is -0.159. The van der Waals surface area contributed by atoms with Crippen LogP contribution in [0.5, 0.6) is 0 Å². The van der Waals surface area contributed by atoms with Crippen molar-refractivity contribution in [2.45, 2.75) is 13.2 Å². The van der Waals surface area contributed by atoms with Gasteiger partial charge in [-0.15, -0.1) is 21.9 Å². The number of rotatable bonds is 8. The molecular weight excluding hydrogens is 990 g/mol. The van der Waals surface area contributed by atoms with E-state index >= 15 is 35.1 Å². The molecule has 2 aromatic heterocycles. The van der Waals surface area contributed by atoms with Gasteiger partial charge in [0.15, 0.2) is 69.8 Å². The highest BCUT2D eigenvalue weighted by Gasteiger charge is 2.52. The molecule has 0 amide bonds. The number of furan rings is 2. The van der Waals surface area contributed by atoms with E-state index in [0.29, 0.717) is 11.5 Å². The van der Waals surface area contributed by atoms with E-state index in [1.807, 2.05) is 12.1 Å². The molecule has 0 spiro atoms. The molecule has 320 valence electrons. The second-order valence-corrected chi connectivity index (χ2v) is 14.3. The zero-order chi connectivity index (χ0) is 45.0. The molecule has 0 atom stereocenters. The molecule has 0 saturated heterocycles. The van der Waals surface area contributed by atoms with Gasteiger partial charge >= 0.3 is 28.7 Å². The lowest BCUT2D eigenvalue weighted by Crippen LogP contribution is -3.61. The number of hydrogen-bond donors (Lipinski definition) is 2. The van der Waals surface area contributed by atoms with E-state index in [4.69, 9.17) is 19.0 Å². The molecule has 0 aliphatic rings. The maximum Gasteiger partial charge on any atom is 0.442 e. The van der Waals surface area contributed by atoms with E-state index in [1.165, 1.54) is 0 Å². The fourth-order valence-corrected chi connectivity index (χ4v) is 7.97. The number of aliphatic hydroxyl groups is 2. The molecule has 6 rings (SSSR count). The third kappa shape index (κ3) is 7.13. The molecule has 0 aliphatic carbocycles. The normalized spacial score (nSPS) is 11.7. The number of halogens is 21. The molecule has 0 aliphatic heterocycles. The van der Waals surface area contributed by atoms with Crippen LogP contribution in [0.3, 0.4) is 0 Å². The second kappa shape index (κ2) is 17.0. The average Bonchev–Trinajstić information content (AvgIpc) is 3.90. The van der Waals surface area contributed by atoms with Crippen LogP contribution in [0.4, 0.5) is 87.8 Å². The maximum atomic E-state index is 15.4. The minimum atomic E-state index is -7.22.